The number of nitrogens with zero attached hydrogens (tertiary/aromatic N) is 2. The normalized spacial score (nSPS) is 14.4. The van der Waals surface area contributed by atoms with Gasteiger partial charge in [0.25, 0.3) is 0 Å². The number of benzene rings is 1. The van der Waals surface area contributed by atoms with Crippen molar-refractivity contribution in [3.8, 4) is 0 Å². The fraction of sp³-hybridized carbons (Fsp3) is 0.412. The van der Waals surface area contributed by atoms with E-state index in [9.17, 15) is 4.39 Å². The summed E-state index contributed by atoms with van der Waals surface area (Å²) in [7, 11) is 0. The quantitative estimate of drug-likeness (QED) is 0.917. The van der Waals surface area contributed by atoms with Crippen LogP contribution in [-0.4, -0.2) is 16.0 Å². The first-order valence-corrected chi connectivity index (χ1v) is 7.43. The molecule has 0 spiro atoms. The van der Waals surface area contributed by atoms with Crippen molar-refractivity contribution >= 4 is 0 Å². The number of hydrogen-bond acceptors (Lipinski definition) is 3. The van der Waals surface area contributed by atoms with E-state index in [1.165, 1.54) is 24.5 Å². The Kier molecular flexibility index (Phi) is 3.97. The summed E-state index contributed by atoms with van der Waals surface area (Å²) in [4.78, 5) is 9.10. The van der Waals surface area contributed by atoms with Gasteiger partial charge in [-0.2, -0.15) is 0 Å². The molecule has 21 heavy (non-hydrogen) atoms. The highest BCUT2D eigenvalue weighted by Gasteiger charge is 2.21. The molecule has 1 aliphatic carbocycles. The fourth-order valence-corrected chi connectivity index (χ4v) is 2.49. The number of hydrogen-bond donors (Lipinski definition) is 1. The molecule has 0 aliphatic heterocycles. The molecule has 0 bridgehead atoms. The number of rotatable bonds is 5. The maximum Gasteiger partial charge on any atom is 0.133 e. The van der Waals surface area contributed by atoms with E-state index in [-0.39, 0.29) is 5.82 Å². The Morgan fingerprint density at radius 2 is 1.81 bits per heavy atom. The topological polar surface area (TPSA) is 37.8 Å². The minimum atomic E-state index is -0.198. The van der Waals surface area contributed by atoms with Gasteiger partial charge in [0.2, 0.25) is 0 Å². The molecule has 1 aliphatic rings. The highest BCUT2D eigenvalue weighted by Crippen LogP contribution is 2.20. The summed E-state index contributed by atoms with van der Waals surface area (Å²) in [5.74, 6) is 0.487. The van der Waals surface area contributed by atoms with E-state index < -0.39 is 0 Å². The minimum Gasteiger partial charge on any atom is -0.310 e. The summed E-state index contributed by atoms with van der Waals surface area (Å²) in [6.07, 6.45) is 2.97. The van der Waals surface area contributed by atoms with E-state index in [0.29, 0.717) is 23.9 Å². The molecule has 3 nitrogen and oxygen atoms in total. The van der Waals surface area contributed by atoms with Gasteiger partial charge in [-0.25, -0.2) is 14.4 Å². The van der Waals surface area contributed by atoms with Crippen LogP contribution in [0.5, 0.6) is 0 Å². The Morgan fingerprint density at radius 3 is 2.43 bits per heavy atom. The largest absolute Gasteiger partial charge is 0.310 e. The van der Waals surface area contributed by atoms with Crippen LogP contribution in [0.25, 0.3) is 0 Å². The highest BCUT2D eigenvalue weighted by molar-refractivity contribution is 5.27. The smallest absolute Gasteiger partial charge is 0.133 e. The summed E-state index contributed by atoms with van der Waals surface area (Å²) in [5, 5.41) is 3.49. The lowest BCUT2D eigenvalue weighted by Crippen LogP contribution is -2.18. The van der Waals surface area contributed by atoms with Crippen LogP contribution < -0.4 is 5.32 Å². The van der Waals surface area contributed by atoms with Crippen molar-refractivity contribution < 1.29 is 4.39 Å². The molecule has 1 N–H and O–H groups in total. The summed E-state index contributed by atoms with van der Waals surface area (Å²) in [5.41, 5.74) is 3.78. The zero-order valence-corrected chi connectivity index (χ0v) is 12.5. The van der Waals surface area contributed by atoms with Crippen LogP contribution in [-0.2, 0) is 13.0 Å². The fourth-order valence-electron chi connectivity index (χ4n) is 2.49. The molecule has 0 unspecified atom stereocenters. The SMILES string of the molecule is Cc1nc(Cc2ccccc2F)nc(C)c1CNC1CC1. The molecule has 1 saturated carbocycles. The van der Waals surface area contributed by atoms with Gasteiger partial charge in [0.1, 0.15) is 11.6 Å². The third-order valence-electron chi connectivity index (χ3n) is 3.92. The Morgan fingerprint density at radius 1 is 1.14 bits per heavy atom. The third kappa shape index (κ3) is 3.45. The Labute approximate surface area is 124 Å². The van der Waals surface area contributed by atoms with E-state index >= 15 is 0 Å². The predicted octanol–water partition coefficient (Wildman–Crippen LogP) is 3.08. The van der Waals surface area contributed by atoms with Gasteiger partial charge in [0.15, 0.2) is 0 Å². The molecule has 1 aromatic heterocycles. The van der Waals surface area contributed by atoms with Gasteiger partial charge < -0.3 is 5.32 Å². The number of aryl methyl sites for hydroxylation is 2. The molecule has 110 valence electrons. The van der Waals surface area contributed by atoms with Crippen molar-refractivity contribution in [1.29, 1.82) is 0 Å². The van der Waals surface area contributed by atoms with Crippen molar-refractivity contribution in [2.24, 2.45) is 0 Å². The standard InChI is InChI=1S/C17H20FN3/c1-11-15(10-19-14-7-8-14)12(2)21-17(20-11)9-13-5-3-4-6-16(13)18/h3-6,14,19H,7-10H2,1-2H3. The maximum absolute atomic E-state index is 13.7. The highest BCUT2D eigenvalue weighted by atomic mass is 19.1. The van der Waals surface area contributed by atoms with E-state index in [0.717, 1.165) is 17.9 Å². The van der Waals surface area contributed by atoms with Crippen molar-refractivity contribution in [1.82, 2.24) is 15.3 Å². The minimum absolute atomic E-state index is 0.198. The molecular formula is C17H20FN3. The zero-order chi connectivity index (χ0) is 14.8. The molecular weight excluding hydrogens is 265 g/mol. The average molecular weight is 285 g/mol. The predicted molar refractivity (Wildman–Crippen MR) is 80.6 cm³/mol. The first kappa shape index (κ1) is 14.1. The zero-order valence-electron chi connectivity index (χ0n) is 12.5. The second kappa shape index (κ2) is 5.90. The van der Waals surface area contributed by atoms with E-state index in [1.807, 2.05) is 19.9 Å². The van der Waals surface area contributed by atoms with Crippen LogP contribution >= 0.6 is 0 Å². The van der Waals surface area contributed by atoms with Crippen LogP contribution in [0, 0.1) is 19.7 Å². The molecule has 4 heteroatoms. The Bertz CT molecular complexity index is 627. The van der Waals surface area contributed by atoms with E-state index in [1.54, 1.807) is 12.1 Å². The van der Waals surface area contributed by atoms with Gasteiger partial charge in [-0.3, -0.25) is 0 Å². The first-order valence-electron chi connectivity index (χ1n) is 7.43. The second-order valence-electron chi connectivity index (χ2n) is 5.71. The lowest BCUT2D eigenvalue weighted by Gasteiger charge is -2.12. The molecule has 0 atom stereocenters. The van der Waals surface area contributed by atoms with Crippen molar-refractivity contribution in [3.05, 3.63) is 58.4 Å². The van der Waals surface area contributed by atoms with Crippen molar-refractivity contribution in [2.75, 3.05) is 0 Å². The lowest BCUT2D eigenvalue weighted by atomic mass is 10.1. The van der Waals surface area contributed by atoms with Gasteiger partial charge in [-0.1, -0.05) is 18.2 Å². The number of aromatic nitrogens is 2. The van der Waals surface area contributed by atoms with E-state index in [2.05, 4.69) is 15.3 Å². The van der Waals surface area contributed by atoms with Crippen LogP contribution in [0.3, 0.4) is 0 Å². The van der Waals surface area contributed by atoms with Crippen molar-refractivity contribution in [3.63, 3.8) is 0 Å². The molecule has 1 fully saturated rings. The van der Waals surface area contributed by atoms with Crippen LogP contribution in [0.1, 0.15) is 41.2 Å². The summed E-state index contributed by atoms with van der Waals surface area (Å²) in [6.45, 7) is 4.83. The molecule has 0 amide bonds. The van der Waals surface area contributed by atoms with Crippen molar-refractivity contribution in [2.45, 2.75) is 45.7 Å². The molecule has 1 heterocycles. The van der Waals surface area contributed by atoms with Crippen LogP contribution in [0.4, 0.5) is 4.39 Å². The summed E-state index contributed by atoms with van der Waals surface area (Å²) >= 11 is 0. The first-order chi connectivity index (χ1) is 10.1. The third-order valence-corrected chi connectivity index (χ3v) is 3.92. The van der Waals surface area contributed by atoms with Crippen LogP contribution in [0.15, 0.2) is 24.3 Å². The summed E-state index contributed by atoms with van der Waals surface area (Å²) < 4.78 is 13.7. The van der Waals surface area contributed by atoms with Gasteiger partial charge in [0, 0.05) is 36.0 Å². The lowest BCUT2D eigenvalue weighted by molar-refractivity contribution is 0.611. The summed E-state index contributed by atoms with van der Waals surface area (Å²) in [6, 6.07) is 7.46. The molecule has 1 aromatic carbocycles. The van der Waals surface area contributed by atoms with Gasteiger partial charge in [0.05, 0.1) is 0 Å². The monoisotopic (exact) mass is 285 g/mol. The molecule has 0 saturated heterocycles. The van der Waals surface area contributed by atoms with Crippen LogP contribution in [0.2, 0.25) is 0 Å². The van der Waals surface area contributed by atoms with E-state index in [4.69, 9.17) is 0 Å². The van der Waals surface area contributed by atoms with Gasteiger partial charge in [-0.15, -0.1) is 0 Å². The molecule has 3 rings (SSSR count). The maximum atomic E-state index is 13.7. The molecule has 0 radical (unpaired) electrons. The second-order valence-corrected chi connectivity index (χ2v) is 5.71. The average Bonchev–Trinajstić information content (AvgIpc) is 3.25. The number of nitrogens with one attached hydrogen (secondary N) is 1. The van der Waals surface area contributed by atoms with Gasteiger partial charge >= 0.3 is 0 Å². The Hall–Kier alpha value is -1.81. The Balaban J connectivity index is 1.79. The van der Waals surface area contributed by atoms with Gasteiger partial charge in [-0.05, 0) is 38.3 Å². The number of halogens is 1. The molecule has 2 aromatic rings.